The summed E-state index contributed by atoms with van der Waals surface area (Å²) in [6.07, 6.45) is 5.01. The van der Waals surface area contributed by atoms with Gasteiger partial charge in [0.1, 0.15) is 0 Å². The molecular formula is C14H18N2O. The summed E-state index contributed by atoms with van der Waals surface area (Å²) in [5, 5.41) is 0. The fourth-order valence-electron chi connectivity index (χ4n) is 1.91. The van der Waals surface area contributed by atoms with Crippen LogP contribution in [0.4, 0.5) is 0 Å². The Labute approximate surface area is 102 Å². The van der Waals surface area contributed by atoms with E-state index in [-0.39, 0.29) is 6.10 Å². The van der Waals surface area contributed by atoms with Gasteiger partial charge in [0, 0.05) is 7.11 Å². The van der Waals surface area contributed by atoms with Crippen molar-refractivity contribution in [2.75, 3.05) is 7.11 Å². The number of hydrogen-bond acceptors (Lipinski definition) is 2. The molecule has 0 aliphatic rings. The van der Waals surface area contributed by atoms with E-state index in [9.17, 15) is 0 Å². The Morgan fingerprint density at radius 3 is 2.71 bits per heavy atom. The molecule has 0 bridgehead atoms. The molecule has 0 saturated carbocycles. The van der Waals surface area contributed by atoms with Crippen molar-refractivity contribution in [3.05, 3.63) is 42.9 Å². The molecular weight excluding hydrogens is 212 g/mol. The largest absolute Gasteiger partial charge is 0.380 e. The minimum atomic E-state index is 0.242. The number of hydrogen-bond donors (Lipinski definition) is 0. The second-order valence-electron chi connectivity index (χ2n) is 4.06. The molecule has 0 spiro atoms. The first kappa shape index (κ1) is 11.9. The maximum absolute atomic E-state index is 5.42. The molecule has 2 rings (SSSR count). The van der Waals surface area contributed by atoms with Gasteiger partial charge in [-0.3, -0.25) is 0 Å². The van der Waals surface area contributed by atoms with Gasteiger partial charge in [0.2, 0.25) is 0 Å². The van der Waals surface area contributed by atoms with Crippen LogP contribution in [-0.2, 0) is 11.3 Å². The fraction of sp³-hybridized carbons (Fsp3) is 0.357. The van der Waals surface area contributed by atoms with Crippen LogP contribution in [0.3, 0.4) is 0 Å². The quantitative estimate of drug-likeness (QED) is 0.789. The number of imidazole rings is 1. The third kappa shape index (κ3) is 2.74. The zero-order chi connectivity index (χ0) is 12.1. The van der Waals surface area contributed by atoms with Gasteiger partial charge < -0.3 is 9.30 Å². The normalized spacial score (nSPS) is 12.6. The van der Waals surface area contributed by atoms with Crippen LogP contribution >= 0.6 is 0 Å². The van der Waals surface area contributed by atoms with Crippen LogP contribution in [0.5, 0.6) is 0 Å². The molecule has 1 aromatic heterocycles. The van der Waals surface area contributed by atoms with Gasteiger partial charge in [0.25, 0.3) is 0 Å². The van der Waals surface area contributed by atoms with Crippen LogP contribution in [0.2, 0.25) is 0 Å². The Hall–Kier alpha value is -1.61. The van der Waals surface area contributed by atoms with E-state index in [0.29, 0.717) is 0 Å². The summed E-state index contributed by atoms with van der Waals surface area (Å²) in [5.41, 5.74) is 2.33. The van der Waals surface area contributed by atoms with Crippen LogP contribution in [0.25, 0.3) is 11.3 Å². The summed E-state index contributed by atoms with van der Waals surface area (Å²) in [4.78, 5) is 4.23. The van der Waals surface area contributed by atoms with Gasteiger partial charge in [-0.1, -0.05) is 37.3 Å². The first-order chi connectivity index (χ1) is 8.35. The predicted molar refractivity (Wildman–Crippen MR) is 68.8 cm³/mol. The second-order valence-corrected chi connectivity index (χ2v) is 4.06. The van der Waals surface area contributed by atoms with Crippen LogP contribution in [0.15, 0.2) is 42.9 Å². The second kappa shape index (κ2) is 5.64. The maximum atomic E-state index is 5.42. The van der Waals surface area contributed by atoms with Crippen LogP contribution < -0.4 is 0 Å². The molecule has 2 aromatic rings. The lowest BCUT2D eigenvalue weighted by Crippen LogP contribution is -2.17. The van der Waals surface area contributed by atoms with Crippen molar-refractivity contribution in [1.82, 2.24) is 9.55 Å². The summed E-state index contributed by atoms with van der Waals surface area (Å²) < 4.78 is 7.56. The highest BCUT2D eigenvalue weighted by Crippen LogP contribution is 2.19. The van der Waals surface area contributed by atoms with Crippen molar-refractivity contribution in [2.24, 2.45) is 0 Å². The molecule has 3 nitrogen and oxygen atoms in total. The smallest absolute Gasteiger partial charge is 0.0951 e. The predicted octanol–water partition coefficient (Wildman–Crippen LogP) is 2.98. The molecule has 1 aromatic carbocycles. The van der Waals surface area contributed by atoms with Gasteiger partial charge in [-0.25, -0.2) is 4.98 Å². The fourth-order valence-corrected chi connectivity index (χ4v) is 1.91. The van der Waals surface area contributed by atoms with Gasteiger partial charge in [0.05, 0.1) is 30.9 Å². The summed E-state index contributed by atoms with van der Waals surface area (Å²) in [6, 6.07) is 10.3. The molecule has 0 N–H and O–H groups in total. The van der Waals surface area contributed by atoms with Gasteiger partial charge in [-0.15, -0.1) is 0 Å². The van der Waals surface area contributed by atoms with Crippen molar-refractivity contribution in [3.8, 4) is 11.3 Å². The highest BCUT2D eigenvalue weighted by Gasteiger charge is 2.09. The molecule has 3 heteroatoms. The average molecular weight is 230 g/mol. The first-order valence-electron chi connectivity index (χ1n) is 5.93. The highest BCUT2D eigenvalue weighted by atomic mass is 16.5. The zero-order valence-corrected chi connectivity index (χ0v) is 10.3. The van der Waals surface area contributed by atoms with Crippen LogP contribution in [0.1, 0.15) is 13.3 Å². The van der Waals surface area contributed by atoms with Crippen molar-refractivity contribution < 1.29 is 4.74 Å². The summed E-state index contributed by atoms with van der Waals surface area (Å²) >= 11 is 0. The van der Waals surface area contributed by atoms with E-state index in [4.69, 9.17) is 4.74 Å². The number of ether oxygens (including phenoxy) is 1. The van der Waals surface area contributed by atoms with Crippen molar-refractivity contribution in [1.29, 1.82) is 0 Å². The summed E-state index contributed by atoms with van der Waals surface area (Å²) in [7, 11) is 1.76. The molecule has 0 fully saturated rings. The van der Waals surface area contributed by atoms with Crippen molar-refractivity contribution in [3.63, 3.8) is 0 Å². The minimum absolute atomic E-state index is 0.242. The SMILES string of the molecule is CCC(Cn1cncc1-c1ccccc1)OC. The molecule has 1 atom stereocenters. The minimum Gasteiger partial charge on any atom is -0.380 e. The van der Waals surface area contributed by atoms with Crippen molar-refractivity contribution >= 4 is 0 Å². The number of methoxy groups -OCH3 is 1. The van der Waals surface area contributed by atoms with Crippen LogP contribution in [-0.4, -0.2) is 22.8 Å². The number of nitrogens with zero attached hydrogens (tertiary/aromatic N) is 2. The van der Waals surface area contributed by atoms with Gasteiger partial charge in [0.15, 0.2) is 0 Å². The number of aromatic nitrogens is 2. The lowest BCUT2D eigenvalue weighted by Gasteiger charge is -2.15. The number of benzene rings is 1. The maximum Gasteiger partial charge on any atom is 0.0951 e. The molecule has 0 saturated heterocycles. The standard InChI is InChI=1S/C14H18N2O/c1-3-13(17-2)10-16-11-15-9-14(16)12-7-5-4-6-8-12/h4-9,11,13H,3,10H2,1-2H3. The zero-order valence-electron chi connectivity index (χ0n) is 10.3. The average Bonchev–Trinajstić information content (AvgIpc) is 2.85. The molecule has 1 unspecified atom stereocenters. The summed E-state index contributed by atoms with van der Waals surface area (Å²) in [6.45, 7) is 2.98. The third-order valence-corrected chi connectivity index (χ3v) is 2.97. The molecule has 0 radical (unpaired) electrons. The number of rotatable bonds is 5. The van der Waals surface area contributed by atoms with Gasteiger partial charge in [-0.05, 0) is 12.0 Å². The molecule has 90 valence electrons. The van der Waals surface area contributed by atoms with E-state index in [0.717, 1.165) is 18.7 Å². The Morgan fingerprint density at radius 2 is 2.06 bits per heavy atom. The third-order valence-electron chi connectivity index (χ3n) is 2.97. The first-order valence-corrected chi connectivity index (χ1v) is 5.93. The lowest BCUT2D eigenvalue weighted by atomic mass is 10.1. The topological polar surface area (TPSA) is 27.1 Å². The van der Waals surface area contributed by atoms with Crippen molar-refractivity contribution in [2.45, 2.75) is 26.0 Å². The summed E-state index contributed by atoms with van der Waals surface area (Å²) in [5.74, 6) is 0. The van der Waals surface area contributed by atoms with Crippen LogP contribution in [0, 0.1) is 0 Å². The molecule has 0 aliphatic carbocycles. The highest BCUT2D eigenvalue weighted by molar-refractivity contribution is 5.58. The van der Waals surface area contributed by atoms with E-state index in [1.807, 2.05) is 30.7 Å². The molecule has 0 aliphatic heterocycles. The Kier molecular flexibility index (Phi) is 3.94. The van der Waals surface area contributed by atoms with E-state index in [1.54, 1.807) is 7.11 Å². The Balaban J connectivity index is 2.23. The van der Waals surface area contributed by atoms with Gasteiger partial charge >= 0.3 is 0 Å². The Bertz CT molecular complexity index is 446. The molecule has 17 heavy (non-hydrogen) atoms. The van der Waals surface area contributed by atoms with E-state index in [1.165, 1.54) is 5.56 Å². The van der Waals surface area contributed by atoms with E-state index in [2.05, 4.69) is 28.6 Å². The monoisotopic (exact) mass is 230 g/mol. The lowest BCUT2D eigenvalue weighted by molar-refractivity contribution is 0.0850. The molecule has 0 amide bonds. The van der Waals surface area contributed by atoms with Gasteiger partial charge in [-0.2, -0.15) is 0 Å². The Morgan fingerprint density at radius 1 is 1.29 bits per heavy atom. The molecule has 1 heterocycles. The van der Waals surface area contributed by atoms with E-state index < -0.39 is 0 Å². The van der Waals surface area contributed by atoms with E-state index >= 15 is 0 Å².